The monoisotopic (exact) mass is 373 g/mol. The van der Waals surface area contributed by atoms with E-state index in [1.165, 1.54) is 12.1 Å². The van der Waals surface area contributed by atoms with Gasteiger partial charge in [0.1, 0.15) is 5.75 Å². The molecule has 0 bridgehead atoms. The summed E-state index contributed by atoms with van der Waals surface area (Å²) in [7, 11) is 1.98. The van der Waals surface area contributed by atoms with Crippen molar-refractivity contribution in [2.45, 2.75) is 11.4 Å². The Hall–Kier alpha value is -2.51. The van der Waals surface area contributed by atoms with Crippen LogP contribution in [-0.4, -0.2) is 45.6 Å². The van der Waals surface area contributed by atoms with Gasteiger partial charge >= 0.3 is 0 Å². The summed E-state index contributed by atoms with van der Waals surface area (Å²) in [5.74, 6) is 0.615. The summed E-state index contributed by atoms with van der Waals surface area (Å²) in [6.07, 6.45) is 2.02. The molecular weight excluding hydrogens is 350 g/mol. The van der Waals surface area contributed by atoms with Crippen LogP contribution in [0.5, 0.6) is 5.75 Å². The van der Waals surface area contributed by atoms with Crippen LogP contribution in [0.4, 0.5) is 5.69 Å². The number of methoxy groups -OCH3 is 1. The number of hydrogen-bond donors (Lipinski definition) is 1. The highest BCUT2D eigenvalue weighted by atomic mass is 32.2. The number of sulfonamides is 1. The first-order valence-corrected chi connectivity index (χ1v) is 9.78. The Morgan fingerprint density at radius 1 is 1.08 bits per heavy atom. The Morgan fingerprint density at radius 3 is 2.46 bits per heavy atom. The summed E-state index contributed by atoms with van der Waals surface area (Å²) in [6.45, 7) is 1.82. The Kier molecular flexibility index (Phi) is 5.20. The van der Waals surface area contributed by atoms with Gasteiger partial charge in [0.15, 0.2) is 0 Å². The average molecular weight is 373 g/mol. The number of likely N-dealkylation sites (N-methyl/N-ethyl adjacent to an activating group) is 1. The molecule has 26 heavy (non-hydrogen) atoms. The van der Waals surface area contributed by atoms with Crippen LogP contribution in [0.25, 0.3) is 10.9 Å². The molecule has 0 aliphatic heterocycles. The molecule has 0 aliphatic carbocycles. The zero-order valence-corrected chi connectivity index (χ0v) is 16.0. The molecule has 3 rings (SSSR count). The summed E-state index contributed by atoms with van der Waals surface area (Å²) < 4.78 is 35.0. The van der Waals surface area contributed by atoms with E-state index in [-0.39, 0.29) is 4.90 Å². The van der Waals surface area contributed by atoms with Crippen LogP contribution in [-0.2, 0) is 16.6 Å². The second kappa shape index (κ2) is 7.39. The van der Waals surface area contributed by atoms with Crippen molar-refractivity contribution in [1.29, 1.82) is 0 Å². The van der Waals surface area contributed by atoms with Crippen molar-refractivity contribution < 1.29 is 13.2 Å². The van der Waals surface area contributed by atoms with Crippen LogP contribution < -0.4 is 9.46 Å². The molecule has 2 aromatic carbocycles. The van der Waals surface area contributed by atoms with Crippen LogP contribution >= 0.6 is 0 Å². The molecular formula is C19H23N3O3S. The second-order valence-electron chi connectivity index (χ2n) is 6.37. The van der Waals surface area contributed by atoms with Gasteiger partial charge in [0.05, 0.1) is 12.0 Å². The maximum atomic E-state index is 12.6. The van der Waals surface area contributed by atoms with Crippen LogP contribution in [0.2, 0.25) is 0 Å². The minimum Gasteiger partial charge on any atom is -0.497 e. The Labute approximate surface area is 154 Å². The number of benzene rings is 2. The maximum absolute atomic E-state index is 12.6. The van der Waals surface area contributed by atoms with Crippen LogP contribution in [0, 0.1) is 0 Å². The number of nitrogens with one attached hydrogen (secondary N) is 1. The van der Waals surface area contributed by atoms with Gasteiger partial charge in [-0.2, -0.15) is 0 Å². The van der Waals surface area contributed by atoms with Gasteiger partial charge in [-0.1, -0.05) is 0 Å². The number of fused-ring (bicyclic) bond motifs is 1. The van der Waals surface area contributed by atoms with Gasteiger partial charge in [0.2, 0.25) is 0 Å². The summed E-state index contributed by atoms with van der Waals surface area (Å²) in [4.78, 5) is 2.32. The first-order chi connectivity index (χ1) is 12.4. The molecule has 0 saturated carbocycles. The Bertz CT molecular complexity index is 993. The highest BCUT2D eigenvalue weighted by Gasteiger charge is 2.14. The van der Waals surface area contributed by atoms with Crippen molar-refractivity contribution in [2.75, 3.05) is 32.5 Å². The van der Waals surface area contributed by atoms with E-state index in [0.717, 1.165) is 24.0 Å². The minimum absolute atomic E-state index is 0.196. The zero-order chi connectivity index (χ0) is 18.7. The molecule has 0 aliphatic rings. The third kappa shape index (κ3) is 4.00. The smallest absolute Gasteiger partial charge is 0.261 e. The Morgan fingerprint density at radius 2 is 1.81 bits per heavy atom. The molecule has 0 spiro atoms. The van der Waals surface area contributed by atoms with E-state index in [9.17, 15) is 8.42 Å². The fourth-order valence-corrected chi connectivity index (χ4v) is 3.78. The van der Waals surface area contributed by atoms with Crippen molar-refractivity contribution in [2.24, 2.45) is 0 Å². The van der Waals surface area contributed by atoms with E-state index in [0.29, 0.717) is 11.4 Å². The lowest BCUT2D eigenvalue weighted by atomic mass is 10.2. The molecule has 0 amide bonds. The average Bonchev–Trinajstić information content (AvgIpc) is 3.02. The first-order valence-electron chi connectivity index (χ1n) is 8.29. The number of ether oxygens (including phenoxy) is 1. The summed E-state index contributed by atoms with van der Waals surface area (Å²) >= 11 is 0. The lowest BCUT2D eigenvalue weighted by Gasteiger charge is -2.12. The maximum Gasteiger partial charge on any atom is 0.261 e. The first kappa shape index (κ1) is 18.3. The highest BCUT2D eigenvalue weighted by Crippen LogP contribution is 2.23. The van der Waals surface area contributed by atoms with Gasteiger partial charge in [-0.25, -0.2) is 8.42 Å². The van der Waals surface area contributed by atoms with Gasteiger partial charge in [-0.3, -0.25) is 4.72 Å². The largest absolute Gasteiger partial charge is 0.497 e. The normalized spacial score (nSPS) is 11.8. The van der Waals surface area contributed by atoms with Crippen molar-refractivity contribution in [3.63, 3.8) is 0 Å². The van der Waals surface area contributed by atoms with Crippen molar-refractivity contribution >= 4 is 26.6 Å². The predicted octanol–water partition coefficient (Wildman–Crippen LogP) is 3.01. The number of nitrogens with zero attached hydrogens (tertiary/aromatic N) is 2. The quantitative estimate of drug-likeness (QED) is 0.691. The number of aromatic nitrogens is 1. The number of anilines is 1. The standard InChI is InChI=1S/C19H23N3O3S/c1-21(2)12-13-22-11-10-15-14-16(4-9-19(15)22)20-26(23,24)18-7-5-17(25-3)6-8-18/h4-11,14,20H,12-13H2,1-3H3. The molecule has 3 aromatic rings. The van der Waals surface area contributed by atoms with Gasteiger partial charge in [0.25, 0.3) is 10.0 Å². The highest BCUT2D eigenvalue weighted by molar-refractivity contribution is 7.92. The summed E-state index contributed by atoms with van der Waals surface area (Å²) in [6, 6.07) is 13.9. The molecule has 0 fully saturated rings. The fraction of sp³-hybridized carbons (Fsp3) is 0.263. The zero-order valence-electron chi connectivity index (χ0n) is 15.1. The summed E-state index contributed by atoms with van der Waals surface area (Å²) in [5.41, 5.74) is 1.62. The van der Waals surface area contributed by atoms with Gasteiger partial charge in [0, 0.05) is 35.9 Å². The van der Waals surface area contributed by atoms with Gasteiger partial charge in [-0.05, 0) is 62.6 Å². The van der Waals surface area contributed by atoms with E-state index in [4.69, 9.17) is 4.74 Å². The SMILES string of the molecule is COc1ccc(S(=O)(=O)Nc2ccc3c(ccn3CCN(C)C)c2)cc1. The van der Waals surface area contributed by atoms with Crippen molar-refractivity contribution in [3.8, 4) is 5.75 Å². The minimum atomic E-state index is -3.64. The molecule has 1 N–H and O–H groups in total. The topological polar surface area (TPSA) is 63.6 Å². The van der Waals surface area contributed by atoms with E-state index in [1.54, 1.807) is 25.3 Å². The number of rotatable bonds is 7. The number of hydrogen-bond acceptors (Lipinski definition) is 4. The molecule has 0 saturated heterocycles. The molecule has 0 atom stereocenters. The van der Waals surface area contributed by atoms with E-state index in [2.05, 4.69) is 14.2 Å². The Balaban J connectivity index is 1.81. The van der Waals surface area contributed by atoms with Gasteiger partial charge < -0.3 is 14.2 Å². The predicted molar refractivity (Wildman–Crippen MR) is 104 cm³/mol. The third-order valence-electron chi connectivity index (χ3n) is 4.18. The van der Waals surface area contributed by atoms with Crippen molar-refractivity contribution in [1.82, 2.24) is 9.47 Å². The van der Waals surface area contributed by atoms with Crippen LogP contribution in [0.3, 0.4) is 0 Å². The molecule has 6 nitrogen and oxygen atoms in total. The van der Waals surface area contributed by atoms with E-state index < -0.39 is 10.0 Å². The van der Waals surface area contributed by atoms with E-state index in [1.807, 2.05) is 38.5 Å². The fourth-order valence-electron chi connectivity index (χ4n) is 2.74. The van der Waals surface area contributed by atoms with Gasteiger partial charge in [-0.15, -0.1) is 0 Å². The molecule has 1 heterocycles. The molecule has 0 radical (unpaired) electrons. The lowest BCUT2D eigenvalue weighted by molar-refractivity contribution is 0.387. The molecule has 138 valence electrons. The lowest BCUT2D eigenvalue weighted by Crippen LogP contribution is -2.17. The second-order valence-corrected chi connectivity index (χ2v) is 8.05. The third-order valence-corrected chi connectivity index (χ3v) is 5.58. The summed E-state index contributed by atoms with van der Waals surface area (Å²) in [5, 5.41) is 0.999. The molecule has 0 unspecified atom stereocenters. The van der Waals surface area contributed by atoms with Crippen LogP contribution in [0.15, 0.2) is 59.6 Å². The molecule has 1 aromatic heterocycles. The van der Waals surface area contributed by atoms with Crippen molar-refractivity contribution in [3.05, 3.63) is 54.7 Å². The van der Waals surface area contributed by atoms with E-state index >= 15 is 0 Å². The van der Waals surface area contributed by atoms with Crippen LogP contribution in [0.1, 0.15) is 0 Å². The molecule has 7 heteroatoms.